The number of alkyl halides is 3. The van der Waals surface area contributed by atoms with Gasteiger partial charge in [-0.3, -0.25) is 0 Å². The third-order valence-corrected chi connectivity index (χ3v) is 3.64. The van der Waals surface area contributed by atoms with Crippen LogP contribution >= 0.6 is 11.6 Å². The molecule has 0 spiro atoms. The Labute approximate surface area is 135 Å². The molecule has 0 aliphatic heterocycles. The number of benzene rings is 1. The number of hydrogen-bond donors (Lipinski definition) is 1. The van der Waals surface area contributed by atoms with Crippen LogP contribution in [0.1, 0.15) is 12.8 Å². The van der Waals surface area contributed by atoms with Crippen molar-refractivity contribution in [1.82, 2.24) is 4.98 Å². The Morgan fingerprint density at radius 1 is 1.09 bits per heavy atom. The number of pyridine rings is 1. The van der Waals surface area contributed by atoms with E-state index < -0.39 is 6.36 Å². The lowest BCUT2D eigenvalue weighted by molar-refractivity contribution is -0.274. The Bertz CT molecular complexity index is 832. The number of aromatic nitrogens is 1. The minimum atomic E-state index is -4.70. The van der Waals surface area contributed by atoms with E-state index in [1.165, 1.54) is 24.3 Å². The van der Waals surface area contributed by atoms with Crippen molar-refractivity contribution in [3.63, 3.8) is 0 Å². The van der Waals surface area contributed by atoms with Gasteiger partial charge >= 0.3 is 6.36 Å². The second-order valence-corrected chi connectivity index (χ2v) is 5.44. The lowest BCUT2D eigenvalue weighted by atomic mass is 10.1. The van der Waals surface area contributed by atoms with Crippen LogP contribution in [0.5, 0.6) is 5.75 Å². The summed E-state index contributed by atoms with van der Waals surface area (Å²) in [6, 6.07) is 9.15. The van der Waals surface area contributed by atoms with Gasteiger partial charge in [0, 0.05) is 10.7 Å². The highest BCUT2D eigenvalue weighted by Gasteiger charge is 2.30. The fraction of sp³-hybridized carbons (Fsp3) is 0.188. The van der Waals surface area contributed by atoms with Crippen molar-refractivity contribution in [3.05, 3.63) is 47.0 Å². The van der Waals surface area contributed by atoms with Gasteiger partial charge in [0.05, 0.1) is 5.35 Å². The van der Waals surface area contributed by atoms with Gasteiger partial charge < -0.3 is 10.1 Å². The molecule has 0 unspecified atom stereocenters. The maximum absolute atomic E-state index is 12.1. The molecule has 7 heteroatoms. The van der Waals surface area contributed by atoms with Gasteiger partial charge in [-0.2, -0.15) is 0 Å². The Kier molecular flexibility index (Phi) is 4.17. The summed E-state index contributed by atoms with van der Waals surface area (Å²) < 4.78 is 40.2. The average Bonchev–Trinajstić information content (AvgIpc) is 2.49. The monoisotopic (exact) mass is 340 g/mol. The van der Waals surface area contributed by atoms with Crippen LogP contribution in [0.2, 0.25) is 0 Å². The molecule has 1 aromatic carbocycles. The van der Waals surface area contributed by atoms with Crippen LogP contribution in [0.25, 0.3) is 11.1 Å². The number of rotatable bonds is 3. The van der Waals surface area contributed by atoms with Crippen LogP contribution in [-0.2, 0) is 0 Å². The first-order valence-electron chi connectivity index (χ1n) is 6.89. The molecule has 0 amide bonds. The summed E-state index contributed by atoms with van der Waals surface area (Å²) in [5, 5.41) is 5.46. The third-order valence-electron chi connectivity index (χ3n) is 3.27. The highest BCUT2D eigenvalue weighted by Crippen LogP contribution is 2.24. The van der Waals surface area contributed by atoms with E-state index in [4.69, 9.17) is 11.6 Å². The van der Waals surface area contributed by atoms with Crippen LogP contribution in [0.3, 0.4) is 0 Å². The lowest BCUT2D eigenvalue weighted by Gasteiger charge is -2.11. The Balaban J connectivity index is 1.81. The fourth-order valence-corrected chi connectivity index (χ4v) is 2.54. The highest BCUT2D eigenvalue weighted by atomic mass is 35.5. The first-order valence-corrected chi connectivity index (χ1v) is 7.27. The number of anilines is 2. The van der Waals surface area contributed by atoms with E-state index in [9.17, 15) is 13.2 Å². The largest absolute Gasteiger partial charge is 0.573 e. The summed E-state index contributed by atoms with van der Waals surface area (Å²) in [5.41, 5.74) is 0.600. The molecule has 120 valence electrons. The van der Waals surface area contributed by atoms with Crippen LogP contribution in [0, 0.1) is 0 Å². The summed E-state index contributed by atoms with van der Waals surface area (Å²) in [7, 11) is 0. The van der Waals surface area contributed by atoms with Crippen LogP contribution in [0.15, 0.2) is 36.4 Å². The number of ether oxygens (including phenoxy) is 1. The lowest BCUT2D eigenvalue weighted by Crippen LogP contribution is -2.31. The number of hydrogen-bond acceptors (Lipinski definition) is 3. The van der Waals surface area contributed by atoms with Gasteiger partial charge in [-0.05, 0) is 54.5 Å². The van der Waals surface area contributed by atoms with Crippen LogP contribution in [0.4, 0.5) is 24.7 Å². The van der Waals surface area contributed by atoms with Gasteiger partial charge in [0.25, 0.3) is 0 Å². The van der Waals surface area contributed by atoms with Gasteiger partial charge in [-0.25, -0.2) is 4.98 Å². The molecule has 0 atom stereocenters. The van der Waals surface area contributed by atoms with Gasteiger partial charge in [-0.1, -0.05) is 17.7 Å². The molecule has 1 aliphatic rings. The Hall–Kier alpha value is -2.21. The minimum Gasteiger partial charge on any atom is -0.406 e. The molecule has 23 heavy (non-hydrogen) atoms. The zero-order chi connectivity index (χ0) is 16.4. The second kappa shape index (κ2) is 6.12. The molecule has 1 N–H and O–H groups in total. The molecule has 3 rings (SSSR count). The van der Waals surface area contributed by atoms with Crippen molar-refractivity contribution >= 4 is 34.2 Å². The van der Waals surface area contributed by atoms with Crippen molar-refractivity contribution < 1.29 is 17.9 Å². The standard InChI is InChI=1S/C16H12ClF3N2O/c17-13-3-1-2-10-4-9-14(22-15(10)13)21-11-5-7-12(8-6-11)23-16(18,19)20/h2,4-9H,1,3H2,(H,21,22). The van der Waals surface area contributed by atoms with E-state index in [-0.39, 0.29) is 5.75 Å². The summed E-state index contributed by atoms with van der Waals surface area (Å²) in [6.07, 6.45) is -0.977. The highest BCUT2D eigenvalue weighted by molar-refractivity contribution is 6.45. The Morgan fingerprint density at radius 3 is 2.52 bits per heavy atom. The topological polar surface area (TPSA) is 34.1 Å². The first kappa shape index (κ1) is 15.7. The van der Waals surface area contributed by atoms with E-state index >= 15 is 0 Å². The third kappa shape index (κ3) is 3.96. The fourth-order valence-electron chi connectivity index (χ4n) is 2.28. The second-order valence-electron chi connectivity index (χ2n) is 4.98. The summed E-state index contributed by atoms with van der Waals surface area (Å²) in [6.45, 7) is 0. The van der Waals surface area contributed by atoms with E-state index in [2.05, 4.69) is 21.1 Å². The molecule has 0 saturated heterocycles. The quantitative estimate of drug-likeness (QED) is 0.926. The molecule has 0 fully saturated rings. The molecular weight excluding hydrogens is 329 g/mol. The molecule has 1 aromatic heterocycles. The van der Waals surface area contributed by atoms with E-state index in [0.29, 0.717) is 16.5 Å². The summed E-state index contributed by atoms with van der Waals surface area (Å²) in [5.74, 6) is 0.300. The minimum absolute atomic E-state index is 0.271. The Morgan fingerprint density at radius 2 is 1.83 bits per heavy atom. The maximum atomic E-state index is 12.1. The summed E-state index contributed by atoms with van der Waals surface area (Å²) >= 11 is 6.19. The van der Waals surface area contributed by atoms with Gasteiger partial charge in [0.1, 0.15) is 11.6 Å². The molecule has 0 bridgehead atoms. The van der Waals surface area contributed by atoms with Gasteiger partial charge in [-0.15, -0.1) is 13.2 Å². The number of nitrogens with zero attached hydrogens (tertiary/aromatic N) is 1. The molecule has 1 heterocycles. The van der Waals surface area contributed by atoms with Crippen molar-refractivity contribution in [3.8, 4) is 5.75 Å². The molecule has 2 aromatic rings. The molecule has 3 nitrogen and oxygen atoms in total. The smallest absolute Gasteiger partial charge is 0.406 e. The van der Waals surface area contributed by atoms with Crippen molar-refractivity contribution in [1.29, 1.82) is 0 Å². The maximum Gasteiger partial charge on any atom is 0.573 e. The van der Waals surface area contributed by atoms with Crippen molar-refractivity contribution in [2.24, 2.45) is 0 Å². The number of fused-ring (bicyclic) bond motifs is 1. The molecule has 0 saturated carbocycles. The predicted octanol–water partition coefficient (Wildman–Crippen LogP) is 3.65. The SMILES string of the molecule is FC(F)(F)Oc1ccc(Nc2ccc3c(n2)=C(Cl)CCC=3)cc1. The van der Waals surface area contributed by atoms with Crippen molar-refractivity contribution in [2.45, 2.75) is 19.2 Å². The van der Waals surface area contributed by atoms with Crippen molar-refractivity contribution in [2.75, 3.05) is 5.32 Å². The average molecular weight is 341 g/mol. The van der Waals surface area contributed by atoms with Crippen LogP contribution < -0.4 is 20.6 Å². The zero-order valence-electron chi connectivity index (χ0n) is 11.8. The van der Waals surface area contributed by atoms with Gasteiger partial charge in [0.2, 0.25) is 0 Å². The summed E-state index contributed by atoms with van der Waals surface area (Å²) in [4.78, 5) is 4.45. The van der Waals surface area contributed by atoms with E-state index in [0.717, 1.165) is 23.4 Å². The molecule has 0 radical (unpaired) electrons. The zero-order valence-corrected chi connectivity index (χ0v) is 12.6. The molecular formula is C16H12ClF3N2O. The molecule has 1 aliphatic carbocycles. The van der Waals surface area contributed by atoms with E-state index in [1.54, 1.807) is 6.07 Å². The number of halogens is 4. The van der Waals surface area contributed by atoms with Gasteiger partial charge in [0.15, 0.2) is 0 Å². The normalized spacial score (nSPS) is 14.0. The van der Waals surface area contributed by atoms with E-state index in [1.807, 2.05) is 6.07 Å². The number of nitrogens with one attached hydrogen (secondary N) is 1. The first-order chi connectivity index (χ1) is 10.9. The van der Waals surface area contributed by atoms with Crippen LogP contribution in [-0.4, -0.2) is 11.3 Å². The predicted molar refractivity (Wildman–Crippen MR) is 82.9 cm³/mol.